The summed E-state index contributed by atoms with van der Waals surface area (Å²) in [6.45, 7) is 2.86. The van der Waals surface area contributed by atoms with E-state index in [9.17, 15) is 0 Å². The van der Waals surface area contributed by atoms with Gasteiger partial charge in [0.1, 0.15) is 11.6 Å². The summed E-state index contributed by atoms with van der Waals surface area (Å²) in [5, 5.41) is 8.37. The number of pyridine rings is 1. The molecular weight excluding hydrogens is 370 g/mol. The van der Waals surface area contributed by atoms with Crippen LogP contribution in [0.3, 0.4) is 0 Å². The summed E-state index contributed by atoms with van der Waals surface area (Å²) in [4.78, 5) is 8.47. The van der Waals surface area contributed by atoms with Gasteiger partial charge in [-0.05, 0) is 30.3 Å². The molecule has 3 heterocycles. The van der Waals surface area contributed by atoms with Crippen LogP contribution in [-0.4, -0.2) is 48.6 Å². The second-order valence-electron chi connectivity index (χ2n) is 5.85. The largest absolute Gasteiger partial charge is 0.497 e. The molecule has 1 aliphatic heterocycles. The van der Waals surface area contributed by atoms with E-state index in [0.717, 1.165) is 30.3 Å². The molecule has 2 aromatic heterocycles. The van der Waals surface area contributed by atoms with Crippen molar-refractivity contribution in [2.45, 2.75) is 0 Å². The number of nitrogens with zero attached hydrogens (tertiary/aromatic N) is 5. The number of benzene rings is 1. The zero-order chi connectivity index (χ0) is 18.6. The van der Waals surface area contributed by atoms with Gasteiger partial charge in [0.25, 0.3) is 0 Å². The Hall–Kier alpha value is -2.84. The van der Waals surface area contributed by atoms with Crippen LogP contribution in [0.5, 0.6) is 5.75 Å². The maximum atomic E-state index is 6.55. The minimum absolute atomic E-state index is 0.317. The smallest absolute Gasteiger partial charge is 0.327 e. The van der Waals surface area contributed by atoms with Gasteiger partial charge in [-0.15, -0.1) is 5.10 Å². The Kier molecular flexibility index (Phi) is 5.08. The number of ether oxygens (including phenoxy) is 2. The number of hydrogen-bond acceptors (Lipinski definition) is 8. The fourth-order valence-corrected chi connectivity index (χ4v) is 3.20. The van der Waals surface area contributed by atoms with Crippen LogP contribution in [0.1, 0.15) is 0 Å². The highest BCUT2D eigenvalue weighted by Gasteiger charge is 2.21. The van der Waals surface area contributed by atoms with Gasteiger partial charge in [0, 0.05) is 13.1 Å². The van der Waals surface area contributed by atoms with E-state index in [1.54, 1.807) is 18.2 Å². The highest BCUT2D eigenvalue weighted by molar-refractivity contribution is 6.33. The number of halogens is 1. The molecule has 1 aliphatic rings. The summed E-state index contributed by atoms with van der Waals surface area (Å²) in [6, 6.07) is 9.66. The lowest BCUT2D eigenvalue weighted by Gasteiger charge is -2.29. The highest BCUT2D eigenvalue weighted by atomic mass is 35.5. The van der Waals surface area contributed by atoms with E-state index < -0.39 is 0 Å². The summed E-state index contributed by atoms with van der Waals surface area (Å²) >= 11 is 6.55. The van der Waals surface area contributed by atoms with Crippen molar-refractivity contribution in [3.63, 3.8) is 0 Å². The van der Waals surface area contributed by atoms with Crippen LogP contribution >= 0.6 is 11.6 Å². The molecule has 0 saturated carbocycles. The molecule has 3 aromatic rings. The van der Waals surface area contributed by atoms with Crippen molar-refractivity contribution in [2.24, 2.45) is 0 Å². The van der Waals surface area contributed by atoms with Crippen LogP contribution in [-0.2, 0) is 4.74 Å². The number of rotatable bonds is 5. The van der Waals surface area contributed by atoms with Gasteiger partial charge in [-0.1, -0.05) is 16.7 Å². The number of hydrogen-bond donors (Lipinski definition) is 0. The topological polar surface area (TPSA) is 76.8 Å². The van der Waals surface area contributed by atoms with Crippen molar-refractivity contribution < 1.29 is 13.9 Å². The molecule has 1 saturated heterocycles. The Labute approximate surface area is 161 Å². The van der Waals surface area contributed by atoms with Crippen molar-refractivity contribution in [2.75, 3.05) is 43.2 Å². The average Bonchev–Trinajstić information content (AvgIpc) is 3.24. The molecule has 0 unspecified atom stereocenters. The van der Waals surface area contributed by atoms with Gasteiger partial charge in [-0.25, -0.2) is 4.98 Å². The first-order valence-electron chi connectivity index (χ1n) is 8.45. The summed E-state index contributed by atoms with van der Waals surface area (Å²) in [5.74, 6) is 1.49. The summed E-state index contributed by atoms with van der Waals surface area (Å²) in [6.07, 6.45) is 3.02. The van der Waals surface area contributed by atoms with Gasteiger partial charge in [0.05, 0.1) is 42.9 Å². The van der Waals surface area contributed by atoms with Crippen molar-refractivity contribution >= 4 is 34.8 Å². The van der Waals surface area contributed by atoms with E-state index in [2.05, 4.69) is 20.1 Å². The molecule has 0 amide bonds. The van der Waals surface area contributed by atoms with Gasteiger partial charge >= 0.3 is 6.01 Å². The lowest BCUT2D eigenvalue weighted by atomic mass is 10.2. The molecular formula is C18H18ClN5O3. The summed E-state index contributed by atoms with van der Waals surface area (Å²) < 4.78 is 16.0. The monoisotopic (exact) mass is 387 g/mol. The Bertz CT molecular complexity index is 883. The molecule has 140 valence electrons. The average molecular weight is 388 g/mol. The summed E-state index contributed by atoms with van der Waals surface area (Å²) in [5.41, 5.74) is 1.53. The number of anilines is 4. The number of morpholine rings is 1. The van der Waals surface area contributed by atoms with Crippen molar-refractivity contribution in [1.82, 2.24) is 15.2 Å². The standard InChI is InChI=1S/C18H18ClN5O3/c1-25-15-4-2-13(3-5-15)24(18-22-21-12-27-18)14-10-16(19)17(20-11-14)23-6-8-26-9-7-23/h2-5,10-12H,6-9H2,1H3. The molecule has 0 N–H and O–H groups in total. The van der Waals surface area contributed by atoms with Crippen LogP contribution in [0.25, 0.3) is 0 Å². The first-order chi connectivity index (χ1) is 13.3. The first kappa shape index (κ1) is 17.6. The molecule has 9 heteroatoms. The minimum Gasteiger partial charge on any atom is -0.497 e. The zero-order valence-electron chi connectivity index (χ0n) is 14.7. The van der Waals surface area contributed by atoms with Crippen LogP contribution in [0.15, 0.2) is 47.3 Å². The molecule has 0 bridgehead atoms. The van der Waals surface area contributed by atoms with Gasteiger partial charge in [0.15, 0.2) is 0 Å². The van der Waals surface area contributed by atoms with E-state index >= 15 is 0 Å². The van der Waals surface area contributed by atoms with Crippen LogP contribution < -0.4 is 14.5 Å². The second kappa shape index (κ2) is 7.81. The minimum atomic E-state index is 0.317. The van der Waals surface area contributed by atoms with Gasteiger partial charge in [-0.3, -0.25) is 4.90 Å². The second-order valence-corrected chi connectivity index (χ2v) is 6.26. The highest BCUT2D eigenvalue weighted by Crippen LogP contribution is 2.36. The Morgan fingerprint density at radius 3 is 2.56 bits per heavy atom. The van der Waals surface area contributed by atoms with Gasteiger partial charge in [-0.2, -0.15) is 0 Å². The predicted octanol–water partition coefficient (Wildman–Crippen LogP) is 3.43. The lowest BCUT2D eigenvalue weighted by molar-refractivity contribution is 0.122. The number of methoxy groups -OCH3 is 1. The Balaban J connectivity index is 1.70. The Morgan fingerprint density at radius 1 is 1.15 bits per heavy atom. The van der Waals surface area contributed by atoms with Crippen molar-refractivity contribution in [3.05, 3.63) is 47.9 Å². The van der Waals surface area contributed by atoms with E-state index in [1.165, 1.54) is 6.39 Å². The molecule has 0 aliphatic carbocycles. The molecule has 4 rings (SSSR count). The molecule has 27 heavy (non-hydrogen) atoms. The van der Waals surface area contributed by atoms with Crippen LogP contribution in [0.2, 0.25) is 5.02 Å². The normalized spacial score (nSPS) is 14.2. The molecule has 0 spiro atoms. The predicted molar refractivity (Wildman–Crippen MR) is 101 cm³/mol. The molecule has 0 radical (unpaired) electrons. The molecule has 1 aromatic carbocycles. The van der Waals surface area contributed by atoms with Gasteiger partial charge < -0.3 is 18.8 Å². The fraction of sp³-hybridized carbons (Fsp3) is 0.278. The van der Waals surface area contributed by atoms with Crippen LogP contribution in [0, 0.1) is 0 Å². The van der Waals surface area contributed by atoms with E-state index in [-0.39, 0.29) is 0 Å². The Morgan fingerprint density at radius 2 is 1.93 bits per heavy atom. The fourth-order valence-electron chi connectivity index (χ4n) is 2.92. The molecule has 0 atom stereocenters. The maximum absolute atomic E-state index is 6.55. The lowest BCUT2D eigenvalue weighted by Crippen LogP contribution is -2.37. The molecule has 1 fully saturated rings. The maximum Gasteiger partial charge on any atom is 0.327 e. The van der Waals surface area contributed by atoms with Gasteiger partial charge in [0.2, 0.25) is 6.39 Å². The van der Waals surface area contributed by atoms with E-state index in [4.69, 9.17) is 25.5 Å². The van der Waals surface area contributed by atoms with E-state index in [0.29, 0.717) is 29.9 Å². The number of aromatic nitrogens is 3. The van der Waals surface area contributed by atoms with Crippen molar-refractivity contribution in [3.8, 4) is 5.75 Å². The zero-order valence-corrected chi connectivity index (χ0v) is 15.5. The third-order valence-electron chi connectivity index (χ3n) is 4.25. The third kappa shape index (κ3) is 3.67. The third-order valence-corrected chi connectivity index (χ3v) is 4.52. The van der Waals surface area contributed by atoms with Crippen molar-refractivity contribution in [1.29, 1.82) is 0 Å². The first-order valence-corrected chi connectivity index (χ1v) is 8.82. The quantitative estimate of drug-likeness (QED) is 0.659. The summed E-state index contributed by atoms with van der Waals surface area (Å²) in [7, 11) is 1.62. The SMILES string of the molecule is COc1ccc(N(c2cnc(N3CCOCC3)c(Cl)c2)c2nnco2)cc1. The molecule has 8 nitrogen and oxygen atoms in total. The van der Waals surface area contributed by atoms with Crippen LogP contribution in [0.4, 0.5) is 23.2 Å². The van der Waals surface area contributed by atoms with E-state index in [1.807, 2.05) is 30.3 Å².